The van der Waals surface area contributed by atoms with Gasteiger partial charge in [0.1, 0.15) is 10.7 Å². The average Bonchev–Trinajstić information content (AvgIpc) is 3.26. The number of aromatic nitrogens is 1. The molecule has 0 radical (unpaired) electrons. The number of methoxy groups -OCH3 is 1. The minimum Gasteiger partial charge on any atom is -0.465 e. The van der Waals surface area contributed by atoms with Crippen LogP contribution in [0.1, 0.15) is 29.8 Å². The third kappa shape index (κ3) is 4.28. The van der Waals surface area contributed by atoms with Crippen LogP contribution < -0.4 is 5.32 Å². The number of esters is 1. The molecule has 0 saturated heterocycles. The molecule has 0 bridgehead atoms. The molecular weight excluding hydrogens is 363 g/mol. The molecule has 5 nitrogen and oxygen atoms in total. The van der Waals surface area contributed by atoms with Gasteiger partial charge in [-0.25, -0.2) is 14.2 Å². The smallest absolute Gasteiger partial charge is 0.348 e. The van der Waals surface area contributed by atoms with E-state index in [2.05, 4.69) is 15.0 Å². The van der Waals surface area contributed by atoms with Gasteiger partial charge in [-0.2, -0.15) is 0 Å². The first-order valence-corrected chi connectivity index (χ1v) is 8.87. The van der Waals surface area contributed by atoms with Crippen LogP contribution in [-0.2, 0) is 11.2 Å². The highest BCUT2D eigenvalue weighted by Crippen LogP contribution is 2.23. The molecule has 128 valence electrons. The second kappa shape index (κ2) is 7.54. The lowest BCUT2D eigenvalue weighted by Gasteiger charge is -1.99. The lowest BCUT2D eigenvalue weighted by atomic mass is 10.1. The molecule has 1 aromatic carbocycles. The lowest BCUT2D eigenvalue weighted by Crippen LogP contribution is -2.09. The Morgan fingerprint density at radius 3 is 2.56 bits per heavy atom. The van der Waals surface area contributed by atoms with Gasteiger partial charge in [0.25, 0.3) is 5.91 Å². The Morgan fingerprint density at radius 1 is 1.12 bits per heavy atom. The number of amides is 1. The monoisotopic (exact) mass is 376 g/mol. The van der Waals surface area contributed by atoms with Crippen molar-refractivity contribution in [2.75, 3.05) is 12.4 Å². The summed E-state index contributed by atoms with van der Waals surface area (Å²) < 4.78 is 17.5. The van der Waals surface area contributed by atoms with Crippen LogP contribution in [0.4, 0.5) is 9.52 Å². The fourth-order valence-corrected chi connectivity index (χ4v) is 3.74. The predicted molar refractivity (Wildman–Crippen MR) is 94.9 cm³/mol. The van der Waals surface area contributed by atoms with Crippen LogP contribution in [0.15, 0.2) is 42.6 Å². The number of anilines is 1. The topological polar surface area (TPSA) is 68.3 Å². The zero-order chi connectivity index (χ0) is 17.8. The number of rotatable bonds is 5. The van der Waals surface area contributed by atoms with E-state index in [-0.39, 0.29) is 11.7 Å². The Labute approximate surface area is 151 Å². The third-order valence-electron chi connectivity index (χ3n) is 3.28. The van der Waals surface area contributed by atoms with Crippen LogP contribution in [0.25, 0.3) is 0 Å². The number of hydrogen-bond acceptors (Lipinski definition) is 6. The van der Waals surface area contributed by atoms with Gasteiger partial charge in [0.05, 0.1) is 12.0 Å². The first kappa shape index (κ1) is 17.2. The number of nitrogens with one attached hydrogen (secondary N) is 1. The average molecular weight is 376 g/mol. The van der Waals surface area contributed by atoms with Crippen molar-refractivity contribution in [3.05, 3.63) is 68.6 Å². The number of hydrogen-bond donors (Lipinski definition) is 1. The highest BCUT2D eigenvalue weighted by atomic mass is 32.1. The molecule has 3 rings (SSSR count). The van der Waals surface area contributed by atoms with Gasteiger partial charge in [-0.05, 0) is 29.8 Å². The Morgan fingerprint density at radius 2 is 1.84 bits per heavy atom. The first-order valence-electron chi connectivity index (χ1n) is 7.24. The van der Waals surface area contributed by atoms with Crippen LogP contribution in [0.5, 0.6) is 0 Å². The normalized spacial score (nSPS) is 10.5. The Bertz CT molecular complexity index is 903. The molecule has 0 aliphatic rings. The maximum atomic E-state index is 12.9. The summed E-state index contributed by atoms with van der Waals surface area (Å²) in [5.74, 6) is -1.08. The van der Waals surface area contributed by atoms with Gasteiger partial charge in [0, 0.05) is 17.5 Å². The van der Waals surface area contributed by atoms with E-state index in [1.165, 1.54) is 30.6 Å². The molecule has 0 aliphatic carbocycles. The number of nitrogens with zero attached hydrogens (tertiary/aromatic N) is 1. The molecule has 0 spiro atoms. The van der Waals surface area contributed by atoms with Crippen molar-refractivity contribution in [3.63, 3.8) is 0 Å². The van der Waals surface area contributed by atoms with Crippen molar-refractivity contribution in [3.8, 4) is 0 Å². The van der Waals surface area contributed by atoms with Crippen molar-refractivity contribution in [2.45, 2.75) is 6.42 Å². The van der Waals surface area contributed by atoms with Crippen molar-refractivity contribution >= 4 is 39.7 Å². The van der Waals surface area contributed by atoms with Gasteiger partial charge in [-0.1, -0.05) is 12.1 Å². The molecule has 0 fully saturated rings. The summed E-state index contributed by atoms with van der Waals surface area (Å²) in [6.45, 7) is 0. The van der Waals surface area contributed by atoms with E-state index >= 15 is 0 Å². The third-order valence-corrected chi connectivity index (χ3v) is 5.26. The summed E-state index contributed by atoms with van der Waals surface area (Å²) in [7, 11) is 1.29. The number of thiophene rings is 1. The zero-order valence-corrected chi connectivity index (χ0v) is 14.7. The van der Waals surface area contributed by atoms with E-state index in [1.54, 1.807) is 30.5 Å². The van der Waals surface area contributed by atoms with Gasteiger partial charge in [-0.15, -0.1) is 22.7 Å². The quantitative estimate of drug-likeness (QED) is 0.684. The fraction of sp³-hybridized carbons (Fsp3) is 0.118. The fourth-order valence-electron chi connectivity index (χ4n) is 2.08. The molecule has 3 aromatic rings. The van der Waals surface area contributed by atoms with Crippen LogP contribution in [-0.4, -0.2) is 24.0 Å². The summed E-state index contributed by atoms with van der Waals surface area (Å²) in [6, 6.07) is 9.37. The van der Waals surface area contributed by atoms with E-state index in [1.807, 2.05) is 0 Å². The zero-order valence-electron chi connectivity index (χ0n) is 13.1. The van der Waals surface area contributed by atoms with Crippen LogP contribution in [0.2, 0.25) is 0 Å². The van der Waals surface area contributed by atoms with Crippen molar-refractivity contribution in [1.82, 2.24) is 4.98 Å². The highest BCUT2D eigenvalue weighted by Gasteiger charge is 2.15. The van der Waals surface area contributed by atoms with Crippen molar-refractivity contribution < 1.29 is 18.7 Å². The number of carbonyl (C=O) groups excluding carboxylic acids is 2. The summed E-state index contributed by atoms with van der Waals surface area (Å²) in [5.41, 5.74) is 0.962. The van der Waals surface area contributed by atoms with E-state index in [0.717, 1.165) is 21.8 Å². The van der Waals surface area contributed by atoms with Crippen LogP contribution in [0.3, 0.4) is 0 Å². The molecule has 0 atom stereocenters. The minimum absolute atomic E-state index is 0.275. The second-order valence-corrected chi connectivity index (χ2v) is 7.24. The number of benzene rings is 1. The van der Waals surface area contributed by atoms with Crippen LogP contribution >= 0.6 is 22.7 Å². The summed E-state index contributed by atoms with van der Waals surface area (Å²) in [4.78, 5) is 29.5. The summed E-state index contributed by atoms with van der Waals surface area (Å²) in [5, 5.41) is 3.18. The lowest BCUT2D eigenvalue weighted by molar-refractivity contribution is 0.0606. The first-order chi connectivity index (χ1) is 12.0. The molecule has 8 heteroatoms. The molecule has 0 aliphatic heterocycles. The van der Waals surface area contributed by atoms with Gasteiger partial charge in [-0.3, -0.25) is 10.1 Å². The molecular formula is C17H13FN2O3S2. The molecule has 0 saturated carbocycles. The number of carbonyl (C=O) groups is 2. The molecule has 0 unspecified atom stereocenters. The molecule has 1 amide bonds. The Kier molecular flexibility index (Phi) is 5.20. The second-order valence-electron chi connectivity index (χ2n) is 5.04. The molecule has 1 N–H and O–H groups in total. The SMILES string of the molecule is COC(=O)c1ccc(C(=O)Nc2ncc(Cc3ccc(F)cc3)s2)s1. The number of halogens is 1. The largest absolute Gasteiger partial charge is 0.465 e. The van der Waals surface area contributed by atoms with E-state index in [9.17, 15) is 14.0 Å². The highest BCUT2D eigenvalue weighted by molar-refractivity contribution is 7.17. The summed E-state index contributed by atoms with van der Waals surface area (Å²) >= 11 is 2.41. The number of ether oxygens (including phenoxy) is 1. The number of thiazole rings is 1. The molecule has 25 heavy (non-hydrogen) atoms. The predicted octanol–water partition coefficient (Wildman–Crippen LogP) is 3.97. The molecule has 2 aromatic heterocycles. The van der Waals surface area contributed by atoms with Gasteiger partial charge < -0.3 is 4.74 Å². The summed E-state index contributed by atoms with van der Waals surface area (Å²) in [6.07, 6.45) is 2.29. The van der Waals surface area contributed by atoms with E-state index in [0.29, 0.717) is 21.3 Å². The Hall–Kier alpha value is -2.58. The van der Waals surface area contributed by atoms with E-state index < -0.39 is 5.97 Å². The van der Waals surface area contributed by atoms with Crippen molar-refractivity contribution in [2.24, 2.45) is 0 Å². The maximum absolute atomic E-state index is 12.9. The van der Waals surface area contributed by atoms with Gasteiger partial charge in [0.15, 0.2) is 5.13 Å². The van der Waals surface area contributed by atoms with Gasteiger partial charge in [0.2, 0.25) is 0 Å². The van der Waals surface area contributed by atoms with E-state index in [4.69, 9.17) is 0 Å². The molecule has 2 heterocycles. The maximum Gasteiger partial charge on any atom is 0.348 e. The Balaban J connectivity index is 1.64. The van der Waals surface area contributed by atoms with Crippen molar-refractivity contribution in [1.29, 1.82) is 0 Å². The standard InChI is InChI=1S/C17H13FN2O3S2/c1-23-16(22)14-7-6-13(25-14)15(21)20-17-19-9-12(24-17)8-10-2-4-11(18)5-3-10/h2-7,9H,8H2,1H3,(H,19,20,21). The van der Waals surface area contributed by atoms with Crippen LogP contribution in [0, 0.1) is 5.82 Å². The minimum atomic E-state index is -0.472. The van der Waals surface area contributed by atoms with Gasteiger partial charge >= 0.3 is 5.97 Å².